The van der Waals surface area contributed by atoms with E-state index in [4.69, 9.17) is 14.2 Å². The van der Waals surface area contributed by atoms with E-state index < -0.39 is 23.8 Å². The number of rotatable bonds is 28. The van der Waals surface area contributed by atoms with E-state index in [2.05, 4.69) is 26.1 Å². The summed E-state index contributed by atoms with van der Waals surface area (Å²) in [5.41, 5.74) is 0. The van der Waals surface area contributed by atoms with Gasteiger partial charge in [0.25, 0.3) is 0 Å². The van der Waals surface area contributed by atoms with Gasteiger partial charge in [0.05, 0.1) is 19.3 Å². The van der Waals surface area contributed by atoms with Gasteiger partial charge in [-0.05, 0) is 43.9 Å². The van der Waals surface area contributed by atoms with Crippen LogP contribution in [0.2, 0.25) is 0 Å². The van der Waals surface area contributed by atoms with Crippen LogP contribution >= 0.6 is 0 Å². The third kappa shape index (κ3) is 24.1. The van der Waals surface area contributed by atoms with Crippen molar-refractivity contribution in [1.29, 1.82) is 0 Å². The van der Waals surface area contributed by atoms with Crippen LogP contribution < -0.4 is 5.32 Å². The standard InChI is InChI=1S/C38H69NO7/c1-4-7-10-12-16-20-25-44-36(41)28-33(29-37(42)45-26-21-17-13-11-8-5-2)30-38(43)46-31-34(24-9-6-3)39-35(40)27-32-22-18-14-15-19-23-32/h32-34H,4-31H2,1-3H3,(H,39,40)/t34-/m1/s1. The zero-order valence-electron chi connectivity index (χ0n) is 29.9. The summed E-state index contributed by atoms with van der Waals surface area (Å²) in [5, 5.41) is 3.12. The molecule has 8 nitrogen and oxygen atoms in total. The monoisotopic (exact) mass is 652 g/mol. The molecule has 0 saturated heterocycles. The van der Waals surface area contributed by atoms with Crippen LogP contribution in [0, 0.1) is 11.8 Å². The van der Waals surface area contributed by atoms with Gasteiger partial charge in [-0.15, -0.1) is 0 Å². The highest BCUT2D eigenvalue weighted by Gasteiger charge is 2.25. The molecule has 0 aromatic heterocycles. The lowest BCUT2D eigenvalue weighted by Gasteiger charge is -2.21. The number of nitrogens with one attached hydrogen (secondary N) is 1. The second-order valence-corrected chi connectivity index (χ2v) is 13.6. The van der Waals surface area contributed by atoms with Crippen molar-refractivity contribution in [3.8, 4) is 0 Å². The molecule has 1 aliphatic rings. The summed E-state index contributed by atoms with van der Waals surface area (Å²) in [5.74, 6) is -1.37. The van der Waals surface area contributed by atoms with E-state index in [0.717, 1.165) is 70.6 Å². The summed E-state index contributed by atoms with van der Waals surface area (Å²) in [6.45, 7) is 7.25. The predicted octanol–water partition coefficient (Wildman–Crippen LogP) is 9.16. The lowest BCUT2D eigenvalue weighted by Crippen LogP contribution is -2.39. The van der Waals surface area contributed by atoms with E-state index in [1.807, 2.05) is 0 Å². The Bertz CT molecular complexity index is 762. The van der Waals surface area contributed by atoms with E-state index in [-0.39, 0.29) is 37.8 Å². The summed E-state index contributed by atoms with van der Waals surface area (Å²) in [6.07, 6.45) is 23.2. The average Bonchev–Trinajstić information content (AvgIpc) is 3.30. The smallest absolute Gasteiger partial charge is 0.306 e. The molecule has 1 aliphatic carbocycles. The highest BCUT2D eigenvalue weighted by atomic mass is 16.5. The fraction of sp³-hybridized carbons (Fsp3) is 0.895. The van der Waals surface area contributed by atoms with Crippen LogP contribution in [0.5, 0.6) is 0 Å². The molecule has 268 valence electrons. The molecule has 1 atom stereocenters. The summed E-state index contributed by atoms with van der Waals surface area (Å²) >= 11 is 0. The molecule has 1 fully saturated rings. The Morgan fingerprint density at radius 2 is 1.04 bits per heavy atom. The Kier molecular flexibility index (Phi) is 26.5. The van der Waals surface area contributed by atoms with Crippen LogP contribution in [-0.4, -0.2) is 49.7 Å². The number of unbranched alkanes of at least 4 members (excludes halogenated alkanes) is 11. The Labute approximate surface area is 281 Å². The van der Waals surface area contributed by atoms with Crippen LogP contribution in [-0.2, 0) is 33.4 Å². The molecule has 46 heavy (non-hydrogen) atoms. The molecule has 8 heteroatoms. The van der Waals surface area contributed by atoms with Gasteiger partial charge in [-0.25, -0.2) is 0 Å². The SMILES string of the molecule is CCCCCCCCOC(=O)CC(CC(=O)OCCCCCCCC)CC(=O)OC[C@@H](CCCC)NC(=O)CC1CCCCCC1. The Hall–Kier alpha value is -2.12. The molecule has 1 N–H and O–H groups in total. The number of esters is 3. The quantitative estimate of drug-likeness (QED) is 0.0389. The molecule has 0 heterocycles. The van der Waals surface area contributed by atoms with Crippen molar-refractivity contribution in [2.45, 2.75) is 187 Å². The Balaban J connectivity index is 2.61. The van der Waals surface area contributed by atoms with Crippen LogP contribution in [0.1, 0.15) is 181 Å². The first-order valence-electron chi connectivity index (χ1n) is 19.1. The summed E-state index contributed by atoms with van der Waals surface area (Å²) in [7, 11) is 0. The molecular formula is C38H69NO7. The molecule has 0 aliphatic heterocycles. The van der Waals surface area contributed by atoms with E-state index in [1.54, 1.807) is 0 Å². The molecule has 1 saturated carbocycles. The van der Waals surface area contributed by atoms with Gasteiger partial charge < -0.3 is 19.5 Å². The topological polar surface area (TPSA) is 108 Å². The van der Waals surface area contributed by atoms with E-state index in [9.17, 15) is 19.2 Å². The third-order valence-electron chi connectivity index (χ3n) is 9.05. The van der Waals surface area contributed by atoms with Gasteiger partial charge in [-0.3, -0.25) is 19.2 Å². The summed E-state index contributed by atoms with van der Waals surface area (Å²) in [4.78, 5) is 51.1. The average molecular weight is 652 g/mol. The number of hydrogen-bond donors (Lipinski definition) is 1. The summed E-state index contributed by atoms with van der Waals surface area (Å²) < 4.78 is 16.5. The van der Waals surface area contributed by atoms with Crippen molar-refractivity contribution in [2.75, 3.05) is 19.8 Å². The van der Waals surface area contributed by atoms with Crippen molar-refractivity contribution < 1.29 is 33.4 Å². The van der Waals surface area contributed by atoms with E-state index >= 15 is 0 Å². The minimum atomic E-state index is -0.555. The normalized spacial score (nSPS) is 14.4. The maximum Gasteiger partial charge on any atom is 0.306 e. The van der Waals surface area contributed by atoms with Gasteiger partial charge >= 0.3 is 17.9 Å². The first-order valence-corrected chi connectivity index (χ1v) is 19.1. The van der Waals surface area contributed by atoms with Gasteiger partial charge in [-0.1, -0.05) is 124 Å². The van der Waals surface area contributed by atoms with Crippen LogP contribution in [0.3, 0.4) is 0 Å². The Morgan fingerprint density at radius 1 is 0.587 bits per heavy atom. The molecule has 0 unspecified atom stereocenters. The number of carbonyl (C=O) groups is 4. The molecule has 0 spiro atoms. The largest absolute Gasteiger partial charge is 0.466 e. The van der Waals surface area contributed by atoms with E-state index in [1.165, 1.54) is 64.2 Å². The fourth-order valence-electron chi connectivity index (χ4n) is 6.20. The minimum absolute atomic E-state index is 0.0307. The highest BCUT2D eigenvalue weighted by Crippen LogP contribution is 2.25. The zero-order valence-corrected chi connectivity index (χ0v) is 29.9. The first-order chi connectivity index (χ1) is 22.4. The number of ether oxygens (including phenoxy) is 3. The Morgan fingerprint density at radius 3 is 1.54 bits per heavy atom. The van der Waals surface area contributed by atoms with Gasteiger partial charge in [0, 0.05) is 25.7 Å². The second kappa shape index (κ2) is 29.1. The number of hydrogen-bond acceptors (Lipinski definition) is 7. The highest BCUT2D eigenvalue weighted by molar-refractivity contribution is 5.77. The predicted molar refractivity (Wildman–Crippen MR) is 184 cm³/mol. The van der Waals surface area contributed by atoms with E-state index in [0.29, 0.717) is 25.6 Å². The molecule has 1 amide bonds. The van der Waals surface area contributed by atoms with Crippen molar-refractivity contribution >= 4 is 23.8 Å². The molecule has 0 aromatic rings. The van der Waals surface area contributed by atoms with Crippen LogP contribution in [0.4, 0.5) is 0 Å². The maximum absolute atomic E-state index is 13.0. The molecule has 1 rings (SSSR count). The van der Waals surface area contributed by atoms with Crippen molar-refractivity contribution in [2.24, 2.45) is 11.8 Å². The zero-order chi connectivity index (χ0) is 33.7. The molecular weight excluding hydrogens is 582 g/mol. The number of amides is 1. The van der Waals surface area contributed by atoms with Crippen LogP contribution in [0.15, 0.2) is 0 Å². The van der Waals surface area contributed by atoms with Crippen molar-refractivity contribution in [1.82, 2.24) is 5.32 Å². The van der Waals surface area contributed by atoms with Crippen LogP contribution in [0.25, 0.3) is 0 Å². The van der Waals surface area contributed by atoms with Crippen molar-refractivity contribution in [3.63, 3.8) is 0 Å². The molecule has 0 radical (unpaired) electrons. The third-order valence-corrected chi connectivity index (χ3v) is 9.05. The minimum Gasteiger partial charge on any atom is -0.466 e. The second-order valence-electron chi connectivity index (χ2n) is 13.6. The summed E-state index contributed by atoms with van der Waals surface area (Å²) in [6, 6.07) is -0.245. The van der Waals surface area contributed by atoms with Gasteiger partial charge in [-0.2, -0.15) is 0 Å². The fourth-order valence-corrected chi connectivity index (χ4v) is 6.20. The molecule has 0 bridgehead atoms. The van der Waals surface area contributed by atoms with Crippen molar-refractivity contribution in [3.05, 3.63) is 0 Å². The molecule has 0 aromatic carbocycles. The maximum atomic E-state index is 13.0. The van der Waals surface area contributed by atoms with Gasteiger partial charge in [0.1, 0.15) is 6.61 Å². The van der Waals surface area contributed by atoms with Gasteiger partial charge in [0.2, 0.25) is 5.91 Å². The lowest BCUT2D eigenvalue weighted by molar-refractivity contribution is -0.150. The van der Waals surface area contributed by atoms with Gasteiger partial charge in [0.15, 0.2) is 0 Å². The lowest BCUT2D eigenvalue weighted by atomic mass is 9.96. The number of carbonyl (C=O) groups excluding carboxylic acids is 4. The first kappa shape index (κ1) is 41.9.